The number of nitrogens with zero attached hydrogens (tertiary/aromatic N) is 2. The molecule has 0 N–H and O–H groups in total. The normalized spacial score (nSPS) is 11.8. The summed E-state index contributed by atoms with van der Waals surface area (Å²) in [6.07, 6.45) is -4.46. The van der Waals surface area contributed by atoms with Gasteiger partial charge in [-0.15, -0.1) is 13.2 Å². The van der Waals surface area contributed by atoms with E-state index in [1.165, 1.54) is 0 Å². The van der Waals surface area contributed by atoms with Crippen LogP contribution in [-0.2, 0) is 6.30 Å². The Morgan fingerprint density at radius 1 is 1.18 bits per heavy atom. The number of hydrogen-bond acceptors (Lipinski definition) is 1. The largest absolute Gasteiger partial charge is 0.490 e. The molecule has 1 aromatic heterocycles. The second-order valence-corrected chi connectivity index (χ2v) is 4.45. The number of rotatable bonds is 1. The van der Waals surface area contributed by atoms with E-state index in [2.05, 4.69) is 4.98 Å². The minimum absolute atomic E-state index is 0.0774. The van der Waals surface area contributed by atoms with Gasteiger partial charge in [-0.05, 0) is 6.92 Å². The fourth-order valence-electron chi connectivity index (χ4n) is 1.66. The smallest absolute Gasteiger partial charge is 0.229 e. The van der Waals surface area contributed by atoms with Gasteiger partial charge in [-0.1, -0.05) is 30.3 Å². The van der Waals surface area contributed by atoms with Crippen LogP contribution in [0.25, 0.3) is 11.3 Å². The Morgan fingerprint density at radius 2 is 1.76 bits per heavy atom. The molecule has 0 amide bonds. The zero-order chi connectivity index (χ0) is 12.6. The molecule has 2 nitrogen and oxygen atoms in total. The van der Waals surface area contributed by atoms with Crippen molar-refractivity contribution < 1.29 is 13.2 Å². The van der Waals surface area contributed by atoms with E-state index < -0.39 is 6.30 Å². The fourth-order valence-corrected chi connectivity index (χ4v) is 2.54. The van der Waals surface area contributed by atoms with E-state index >= 15 is 0 Å². The maximum atomic E-state index is 12.9. The molecule has 0 radical (unpaired) electrons. The zero-order valence-corrected chi connectivity index (χ0v) is 11.0. The van der Waals surface area contributed by atoms with Crippen LogP contribution >= 0.6 is 22.6 Å². The molecule has 0 atom stereocenters. The standard InChI is InChI=1S/C11H8F3IN2/c1-7-9(8-5-3-2-4-6-8)17(10(15)16-7)11(12,13)14/h2-6H,1H3. The highest BCUT2D eigenvalue weighted by molar-refractivity contribution is 14.1. The first-order valence-electron chi connectivity index (χ1n) is 4.78. The highest BCUT2D eigenvalue weighted by Crippen LogP contribution is 2.34. The van der Waals surface area contributed by atoms with Crippen LogP contribution in [-0.4, -0.2) is 9.55 Å². The van der Waals surface area contributed by atoms with E-state index in [0.717, 1.165) is 0 Å². The van der Waals surface area contributed by atoms with Gasteiger partial charge in [-0.25, -0.2) is 9.55 Å². The lowest BCUT2D eigenvalue weighted by Gasteiger charge is -2.13. The summed E-state index contributed by atoms with van der Waals surface area (Å²) in [5.74, 6) is 0. The quantitative estimate of drug-likeness (QED) is 0.711. The predicted octanol–water partition coefficient (Wildman–Crippen LogP) is 3.94. The average molecular weight is 352 g/mol. The highest BCUT2D eigenvalue weighted by Gasteiger charge is 2.36. The SMILES string of the molecule is Cc1nc(I)n(C(F)(F)F)c1-c1ccccc1. The molecule has 0 unspecified atom stereocenters. The highest BCUT2D eigenvalue weighted by atomic mass is 127. The summed E-state index contributed by atoms with van der Waals surface area (Å²) in [6.45, 7) is 1.58. The van der Waals surface area contributed by atoms with Crippen LogP contribution in [0.15, 0.2) is 30.3 Å². The van der Waals surface area contributed by atoms with Crippen LogP contribution in [0.4, 0.5) is 13.2 Å². The lowest BCUT2D eigenvalue weighted by molar-refractivity contribution is -0.204. The molecule has 0 fully saturated rings. The van der Waals surface area contributed by atoms with E-state index in [0.29, 0.717) is 15.8 Å². The Kier molecular flexibility index (Phi) is 3.15. The number of aryl methyl sites for hydroxylation is 1. The molecule has 0 saturated carbocycles. The maximum absolute atomic E-state index is 12.9. The number of benzene rings is 1. The lowest BCUT2D eigenvalue weighted by Crippen LogP contribution is -2.19. The molecular weight excluding hydrogens is 344 g/mol. The van der Waals surface area contributed by atoms with Crippen molar-refractivity contribution in [2.45, 2.75) is 13.2 Å². The maximum Gasteiger partial charge on any atom is 0.490 e. The molecule has 0 bridgehead atoms. The Labute approximate surface area is 110 Å². The Morgan fingerprint density at radius 3 is 2.29 bits per heavy atom. The Balaban J connectivity index is 2.70. The average Bonchev–Trinajstić information content (AvgIpc) is 2.54. The fraction of sp³-hybridized carbons (Fsp3) is 0.182. The predicted molar refractivity (Wildman–Crippen MR) is 66.4 cm³/mol. The molecule has 2 rings (SSSR count). The van der Waals surface area contributed by atoms with Crippen molar-refractivity contribution in [3.05, 3.63) is 39.9 Å². The molecule has 0 spiro atoms. The summed E-state index contributed by atoms with van der Waals surface area (Å²) >= 11 is 1.59. The molecule has 2 aromatic rings. The van der Waals surface area contributed by atoms with Gasteiger partial charge in [0.2, 0.25) is 0 Å². The Hall–Kier alpha value is -1.05. The first kappa shape index (κ1) is 12.4. The number of imidazole rings is 1. The topological polar surface area (TPSA) is 17.8 Å². The minimum Gasteiger partial charge on any atom is -0.229 e. The van der Waals surface area contributed by atoms with E-state index in [-0.39, 0.29) is 9.53 Å². The van der Waals surface area contributed by atoms with Crippen LogP contribution in [0.2, 0.25) is 0 Å². The third-order valence-electron chi connectivity index (χ3n) is 2.31. The summed E-state index contributed by atoms with van der Waals surface area (Å²) < 4.78 is 39.0. The molecule has 0 saturated heterocycles. The molecule has 0 aliphatic heterocycles. The third-order valence-corrected chi connectivity index (χ3v) is 3.04. The summed E-state index contributed by atoms with van der Waals surface area (Å²) in [6, 6.07) is 8.45. The van der Waals surface area contributed by atoms with Gasteiger partial charge < -0.3 is 0 Å². The number of halogens is 4. The molecule has 0 aliphatic rings. The molecule has 0 aliphatic carbocycles. The molecule has 17 heavy (non-hydrogen) atoms. The van der Waals surface area contributed by atoms with Crippen molar-refractivity contribution in [1.82, 2.24) is 9.55 Å². The van der Waals surface area contributed by atoms with Gasteiger partial charge >= 0.3 is 6.30 Å². The van der Waals surface area contributed by atoms with Gasteiger partial charge in [-0.3, -0.25) is 0 Å². The van der Waals surface area contributed by atoms with Crippen LogP contribution in [0.5, 0.6) is 0 Å². The van der Waals surface area contributed by atoms with Crippen LogP contribution in [0.1, 0.15) is 5.69 Å². The summed E-state index contributed by atoms with van der Waals surface area (Å²) in [7, 11) is 0. The van der Waals surface area contributed by atoms with Crippen LogP contribution < -0.4 is 0 Å². The monoisotopic (exact) mass is 352 g/mol. The summed E-state index contributed by atoms with van der Waals surface area (Å²) in [5.41, 5.74) is 0.984. The van der Waals surface area contributed by atoms with Crippen molar-refractivity contribution in [3.63, 3.8) is 0 Å². The van der Waals surface area contributed by atoms with E-state index in [9.17, 15) is 13.2 Å². The molecule has 90 valence electrons. The molecular formula is C11H8F3IN2. The third kappa shape index (κ3) is 2.31. The lowest BCUT2D eigenvalue weighted by atomic mass is 10.1. The van der Waals surface area contributed by atoms with E-state index in [1.807, 2.05) is 0 Å². The van der Waals surface area contributed by atoms with Crippen molar-refractivity contribution in [2.75, 3.05) is 0 Å². The van der Waals surface area contributed by atoms with Gasteiger partial charge in [0.05, 0.1) is 11.4 Å². The molecule has 1 aromatic carbocycles. The van der Waals surface area contributed by atoms with Gasteiger partial charge in [-0.2, -0.15) is 0 Å². The number of alkyl halides is 3. The van der Waals surface area contributed by atoms with Crippen molar-refractivity contribution in [3.8, 4) is 11.3 Å². The summed E-state index contributed by atoms with van der Waals surface area (Å²) in [4.78, 5) is 3.88. The van der Waals surface area contributed by atoms with Crippen molar-refractivity contribution in [2.24, 2.45) is 0 Å². The van der Waals surface area contributed by atoms with Gasteiger partial charge in [0.15, 0.2) is 3.83 Å². The van der Waals surface area contributed by atoms with Crippen LogP contribution in [0.3, 0.4) is 0 Å². The first-order chi connectivity index (χ1) is 7.91. The van der Waals surface area contributed by atoms with Crippen molar-refractivity contribution >= 4 is 22.6 Å². The molecule has 1 heterocycles. The zero-order valence-electron chi connectivity index (χ0n) is 8.79. The van der Waals surface area contributed by atoms with Crippen LogP contribution in [0, 0.1) is 10.8 Å². The van der Waals surface area contributed by atoms with E-state index in [4.69, 9.17) is 0 Å². The van der Waals surface area contributed by atoms with E-state index in [1.54, 1.807) is 59.8 Å². The van der Waals surface area contributed by atoms with Gasteiger partial charge in [0.25, 0.3) is 0 Å². The minimum atomic E-state index is -4.46. The van der Waals surface area contributed by atoms with Gasteiger partial charge in [0.1, 0.15) is 0 Å². The number of hydrogen-bond donors (Lipinski definition) is 0. The van der Waals surface area contributed by atoms with Crippen molar-refractivity contribution in [1.29, 1.82) is 0 Å². The second kappa shape index (κ2) is 4.32. The van der Waals surface area contributed by atoms with Gasteiger partial charge in [0, 0.05) is 28.2 Å². The molecule has 6 heteroatoms. The Bertz CT molecular complexity index is 532. The summed E-state index contributed by atoms with van der Waals surface area (Å²) in [5, 5.41) is 0. The number of aromatic nitrogens is 2. The first-order valence-corrected chi connectivity index (χ1v) is 5.86. The second-order valence-electron chi connectivity index (χ2n) is 3.48.